The molecule has 0 amide bonds. The number of carboxylic acid groups (broad SMARTS) is 1. The topological polar surface area (TPSA) is 80.4 Å². The minimum atomic E-state index is -1.14. The van der Waals surface area contributed by atoms with E-state index in [0.717, 1.165) is 0 Å². The molecule has 5 nitrogen and oxygen atoms in total. The largest absolute Gasteiger partial charge is 0.481 e. The van der Waals surface area contributed by atoms with Crippen LogP contribution in [0.3, 0.4) is 0 Å². The van der Waals surface area contributed by atoms with Crippen molar-refractivity contribution in [1.29, 1.82) is 0 Å². The zero-order valence-electron chi connectivity index (χ0n) is 7.06. The number of rotatable bonds is 2. The number of carbonyl (C=O) groups is 1. The molecule has 70 valence electrons. The molecule has 1 atom stereocenters. The van der Waals surface area contributed by atoms with Gasteiger partial charge in [0.15, 0.2) is 0 Å². The molecule has 0 fully saturated rings. The molecule has 13 heavy (non-hydrogen) atoms. The van der Waals surface area contributed by atoms with Crippen LogP contribution < -0.4 is 0 Å². The van der Waals surface area contributed by atoms with Gasteiger partial charge in [-0.15, -0.1) is 0 Å². The summed E-state index contributed by atoms with van der Waals surface area (Å²) in [4.78, 5) is 20.6. The zero-order valence-corrected chi connectivity index (χ0v) is 7.06. The van der Waals surface area contributed by atoms with Crippen LogP contribution in [0.1, 0.15) is 13.3 Å². The lowest BCUT2D eigenvalue weighted by molar-refractivity contribution is -0.429. The summed E-state index contributed by atoms with van der Waals surface area (Å²) < 4.78 is 0. The lowest BCUT2D eigenvalue weighted by atomic mass is 9.82. The Morgan fingerprint density at radius 3 is 2.85 bits per heavy atom. The molecule has 1 aliphatic carbocycles. The van der Waals surface area contributed by atoms with Crippen LogP contribution in [0, 0.1) is 15.5 Å². The Kier molecular flexibility index (Phi) is 2.18. The number of nitro groups is 1. The van der Waals surface area contributed by atoms with Gasteiger partial charge in [0, 0.05) is 6.08 Å². The van der Waals surface area contributed by atoms with Gasteiger partial charge in [-0.05, 0) is 6.92 Å². The van der Waals surface area contributed by atoms with E-state index >= 15 is 0 Å². The number of hydrogen-bond donors (Lipinski definition) is 1. The summed E-state index contributed by atoms with van der Waals surface area (Å²) in [6.45, 7) is 1.46. The highest BCUT2D eigenvalue weighted by Gasteiger charge is 2.36. The molecule has 0 spiro atoms. The second kappa shape index (κ2) is 3.01. The maximum Gasteiger partial charge on any atom is 0.313 e. The zero-order chi connectivity index (χ0) is 10.1. The van der Waals surface area contributed by atoms with Crippen molar-refractivity contribution in [2.45, 2.75) is 13.3 Å². The molecule has 0 aromatic carbocycles. The van der Waals surface area contributed by atoms with Crippen molar-refractivity contribution < 1.29 is 14.8 Å². The molecule has 0 bridgehead atoms. The first-order valence-corrected chi connectivity index (χ1v) is 3.72. The Hall–Kier alpha value is -1.65. The fourth-order valence-electron chi connectivity index (χ4n) is 1.14. The SMILES string of the molecule is CC1(C(=O)O)C=CC=C([N+](=O)[O-])C1. The van der Waals surface area contributed by atoms with Crippen molar-refractivity contribution in [2.75, 3.05) is 0 Å². The molecule has 1 N–H and O–H groups in total. The van der Waals surface area contributed by atoms with Gasteiger partial charge in [-0.25, -0.2) is 0 Å². The predicted octanol–water partition coefficient (Wildman–Crippen LogP) is 1.20. The second-order valence-electron chi connectivity index (χ2n) is 3.17. The number of hydrogen-bond acceptors (Lipinski definition) is 3. The summed E-state index contributed by atoms with van der Waals surface area (Å²) >= 11 is 0. The van der Waals surface area contributed by atoms with Crippen LogP contribution in [0.5, 0.6) is 0 Å². The van der Waals surface area contributed by atoms with Gasteiger partial charge in [0.05, 0.1) is 16.8 Å². The van der Waals surface area contributed by atoms with Crippen LogP contribution in [-0.4, -0.2) is 16.0 Å². The van der Waals surface area contributed by atoms with Crippen molar-refractivity contribution in [3.63, 3.8) is 0 Å². The molecule has 1 aliphatic rings. The van der Waals surface area contributed by atoms with E-state index in [2.05, 4.69) is 0 Å². The smallest absolute Gasteiger partial charge is 0.313 e. The third-order valence-corrected chi connectivity index (χ3v) is 2.02. The Balaban J connectivity index is 2.92. The number of nitrogens with zero attached hydrogens (tertiary/aromatic N) is 1. The summed E-state index contributed by atoms with van der Waals surface area (Å²) in [5.41, 5.74) is -1.20. The first-order valence-electron chi connectivity index (χ1n) is 3.72. The van der Waals surface area contributed by atoms with Crippen LogP contribution in [-0.2, 0) is 4.79 Å². The Bertz CT molecular complexity index is 318. The van der Waals surface area contributed by atoms with E-state index in [1.807, 2.05) is 0 Å². The van der Waals surface area contributed by atoms with Crippen LogP contribution in [0.2, 0.25) is 0 Å². The third kappa shape index (κ3) is 1.74. The van der Waals surface area contributed by atoms with E-state index in [0.29, 0.717) is 0 Å². The average Bonchev–Trinajstić information content (AvgIpc) is 2.04. The Labute approximate surface area is 74.5 Å². The quantitative estimate of drug-likeness (QED) is 0.515. The molecule has 0 saturated carbocycles. The highest BCUT2D eigenvalue weighted by atomic mass is 16.6. The van der Waals surface area contributed by atoms with Gasteiger partial charge < -0.3 is 5.11 Å². The van der Waals surface area contributed by atoms with Crippen molar-refractivity contribution >= 4 is 5.97 Å². The molecule has 0 aromatic rings. The van der Waals surface area contributed by atoms with Gasteiger partial charge in [0.2, 0.25) is 5.70 Å². The summed E-state index contributed by atoms with van der Waals surface area (Å²) in [6.07, 6.45) is 4.13. The van der Waals surface area contributed by atoms with Gasteiger partial charge in [-0.3, -0.25) is 14.9 Å². The molecule has 0 aromatic heterocycles. The van der Waals surface area contributed by atoms with Crippen molar-refractivity contribution in [2.24, 2.45) is 5.41 Å². The molecule has 0 heterocycles. The Morgan fingerprint density at radius 1 is 1.77 bits per heavy atom. The van der Waals surface area contributed by atoms with E-state index in [1.54, 1.807) is 0 Å². The van der Waals surface area contributed by atoms with E-state index in [4.69, 9.17) is 5.11 Å². The first-order chi connectivity index (χ1) is 5.96. The first kappa shape index (κ1) is 9.44. The number of carboxylic acids is 1. The summed E-state index contributed by atoms with van der Waals surface area (Å²) in [5.74, 6) is -1.05. The second-order valence-corrected chi connectivity index (χ2v) is 3.17. The van der Waals surface area contributed by atoms with Crippen molar-refractivity contribution in [3.8, 4) is 0 Å². The average molecular weight is 183 g/mol. The summed E-state index contributed by atoms with van der Waals surface area (Å²) in [7, 11) is 0. The van der Waals surface area contributed by atoms with Gasteiger partial charge >= 0.3 is 5.97 Å². The highest BCUT2D eigenvalue weighted by molar-refractivity contribution is 5.77. The van der Waals surface area contributed by atoms with E-state index in [9.17, 15) is 14.9 Å². The molecular formula is C8H9NO4. The van der Waals surface area contributed by atoms with Crippen molar-refractivity contribution in [3.05, 3.63) is 34.0 Å². The standard InChI is InChI=1S/C8H9NO4/c1-8(7(10)11)4-2-3-6(5-8)9(12)13/h2-4H,5H2,1H3,(H,10,11). The minimum Gasteiger partial charge on any atom is -0.481 e. The highest BCUT2D eigenvalue weighted by Crippen LogP contribution is 2.31. The minimum absolute atomic E-state index is 0.0626. The van der Waals surface area contributed by atoms with Gasteiger partial charge in [-0.2, -0.15) is 0 Å². The third-order valence-electron chi connectivity index (χ3n) is 2.02. The van der Waals surface area contributed by atoms with Crippen LogP contribution in [0.15, 0.2) is 23.9 Å². The van der Waals surface area contributed by atoms with Crippen LogP contribution in [0.25, 0.3) is 0 Å². The lowest BCUT2D eigenvalue weighted by Crippen LogP contribution is -2.28. The number of aliphatic carboxylic acids is 1. The van der Waals surface area contributed by atoms with E-state index in [-0.39, 0.29) is 12.1 Å². The molecule has 1 unspecified atom stereocenters. The number of allylic oxidation sites excluding steroid dienone is 3. The van der Waals surface area contributed by atoms with Gasteiger partial charge in [0.25, 0.3) is 0 Å². The maximum absolute atomic E-state index is 10.7. The normalized spacial score (nSPS) is 26.7. The monoisotopic (exact) mass is 183 g/mol. The molecular weight excluding hydrogens is 174 g/mol. The predicted molar refractivity (Wildman–Crippen MR) is 44.6 cm³/mol. The van der Waals surface area contributed by atoms with Crippen molar-refractivity contribution in [1.82, 2.24) is 0 Å². The Morgan fingerprint density at radius 2 is 2.38 bits per heavy atom. The van der Waals surface area contributed by atoms with Gasteiger partial charge in [-0.1, -0.05) is 12.2 Å². The molecule has 0 aliphatic heterocycles. The summed E-state index contributed by atoms with van der Waals surface area (Å²) in [6, 6.07) is 0. The molecule has 5 heteroatoms. The lowest BCUT2D eigenvalue weighted by Gasteiger charge is -2.20. The van der Waals surface area contributed by atoms with Crippen LogP contribution in [0.4, 0.5) is 0 Å². The van der Waals surface area contributed by atoms with Crippen LogP contribution >= 0.6 is 0 Å². The fourth-order valence-corrected chi connectivity index (χ4v) is 1.14. The summed E-state index contributed by atoms with van der Waals surface area (Å²) in [5, 5.41) is 19.2. The molecule has 1 rings (SSSR count). The van der Waals surface area contributed by atoms with E-state index < -0.39 is 16.3 Å². The fraction of sp³-hybridized carbons (Fsp3) is 0.375. The molecule has 0 radical (unpaired) electrons. The molecule has 0 saturated heterocycles. The maximum atomic E-state index is 10.7. The van der Waals surface area contributed by atoms with E-state index in [1.165, 1.54) is 25.2 Å². The van der Waals surface area contributed by atoms with Gasteiger partial charge in [0.1, 0.15) is 0 Å².